The fourth-order valence-corrected chi connectivity index (χ4v) is 1.72. The second-order valence-corrected chi connectivity index (χ2v) is 4.37. The van der Waals surface area contributed by atoms with Gasteiger partial charge in [-0.1, -0.05) is 12.1 Å². The first-order valence-corrected chi connectivity index (χ1v) is 5.82. The maximum atomic E-state index is 13.2. The highest BCUT2D eigenvalue weighted by Gasteiger charge is 2.10. The van der Waals surface area contributed by atoms with Gasteiger partial charge in [-0.25, -0.2) is 4.39 Å². The number of nitrogens with two attached hydrogens (primary N) is 1. The van der Waals surface area contributed by atoms with E-state index in [1.165, 1.54) is 6.07 Å². The zero-order valence-corrected chi connectivity index (χ0v) is 10.7. The van der Waals surface area contributed by atoms with Crippen LogP contribution >= 0.6 is 15.9 Å². The first-order valence-electron chi connectivity index (χ1n) is 5.03. The Labute approximate surface area is 112 Å². The third-order valence-electron chi connectivity index (χ3n) is 2.28. The predicted molar refractivity (Wildman–Crippen MR) is 69.7 cm³/mol. The normalized spacial score (nSPS) is 9.83. The molecule has 0 aliphatic heterocycles. The first-order chi connectivity index (χ1) is 8.61. The molecule has 0 fully saturated rings. The van der Waals surface area contributed by atoms with Gasteiger partial charge >= 0.3 is 0 Å². The van der Waals surface area contributed by atoms with Crippen molar-refractivity contribution < 1.29 is 9.13 Å². The van der Waals surface area contributed by atoms with Gasteiger partial charge < -0.3 is 10.5 Å². The number of nitriles is 1. The predicted octanol–water partition coefficient (Wildman–Crippen LogP) is 3.83. The van der Waals surface area contributed by atoms with E-state index in [1.54, 1.807) is 24.3 Å². The molecular weight excluding hydrogens is 299 g/mol. The SMILES string of the molecule is N#Cc1ccccc1Oc1cc(Br)c(F)cc1N. The van der Waals surface area contributed by atoms with Crippen molar-refractivity contribution in [2.75, 3.05) is 5.73 Å². The molecule has 3 nitrogen and oxygen atoms in total. The largest absolute Gasteiger partial charge is 0.454 e. The van der Waals surface area contributed by atoms with E-state index >= 15 is 0 Å². The molecule has 0 amide bonds. The Morgan fingerprint density at radius 2 is 1.94 bits per heavy atom. The fourth-order valence-electron chi connectivity index (χ4n) is 1.40. The van der Waals surface area contributed by atoms with Gasteiger partial charge in [0.25, 0.3) is 0 Å². The molecule has 0 saturated heterocycles. The van der Waals surface area contributed by atoms with Crippen LogP contribution in [0.5, 0.6) is 11.5 Å². The number of hydrogen-bond donors (Lipinski definition) is 1. The van der Waals surface area contributed by atoms with E-state index in [0.717, 1.165) is 6.07 Å². The van der Waals surface area contributed by atoms with Crippen LogP contribution in [0.15, 0.2) is 40.9 Å². The van der Waals surface area contributed by atoms with Crippen molar-refractivity contribution in [2.24, 2.45) is 0 Å². The summed E-state index contributed by atoms with van der Waals surface area (Å²) in [5.74, 6) is 0.213. The minimum atomic E-state index is -0.464. The number of halogens is 2. The Balaban J connectivity index is 2.41. The van der Waals surface area contributed by atoms with Gasteiger partial charge in [0, 0.05) is 12.1 Å². The van der Waals surface area contributed by atoms with Gasteiger partial charge in [0.05, 0.1) is 15.7 Å². The average Bonchev–Trinajstić information content (AvgIpc) is 2.36. The maximum Gasteiger partial charge on any atom is 0.151 e. The summed E-state index contributed by atoms with van der Waals surface area (Å²) in [6, 6.07) is 11.3. The van der Waals surface area contributed by atoms with Gasteiger partial charge in [0.1, 0.15) is 17.6 Å². The Morgan fingerprint density at radius 1 is 1.22 bits per heavy atom. The standard InChI is InChI=1S/C13H8BrFN2O/c14-9-5-13(11(17)6-10(9)15)18-12-4-2-1-3-8(12)7-16/h1-6H,17H2. The van der Waals surface area contributed by atoms with Crippen LogP contribution in [0.3, 0.4) is 0 Å². The van der Waals surface area contributed by atoms with Gasteiger partial charge in [0.2, 0.25) is 0 Å². The van der Waals surface area contributed by atoms with Gasteiger partial charge in [-0.05, 0) is 28.1 Å². The molecule has 0 unspecified atom stereocenters. The molecule has 90 valence electrons. The maximum absolute atomic E-state index is 13.2. The van der Waals surface area contributed by atoms with Crippen molar-refractivity contribution >= 4 is 21.6 Å². The molecule has 2 aromatic rings. The van der Waals surface area contributed by atoms with E-state index in [9.17, 15) is 4.39 Å². The van der Waals surface area contributed by atoms with Crippen molar-refractivity contribution in [1.82, 2.24) is 0 Å². The molecule has 0 saturated carbocycles. The number of hydrogen-bond acceptors (Lipinski definition) is 3. The summed E-state index contributed by atoms with van der Waals surface area (Å²) in [5.41, 5.74) is 6.22. The number of nitrogen functional groups attached to an aromatic ring is 1. The van der Waals surface area contributed by atoms with Crippen LogP contribution in [0.1, 0.15) is 5.56 Å². The van der Waals surface area contributed by atoms with Crippen LogP contribution in [-0.2, 0) is 0 Å². The van der Waals surface area contributed by atoms with Crippen molar-refractivity contribution in [3.63, 3.8) is 0 Å². The fraction of sp³-hybridized carbons (Fsp3) is 0. The lowest BCUT2D eigenvalue weighted by Crippen LogP contribution is -1.95. The topological polar surface area (TPSA) is 59.0 Å². The third kappa shape index (κ3) is 2.44. The molecule has 0 heterocycles. The van der Waals surface area contributed by atoms with Crippen molar-refractivity contribution in [3.05, 3.63) is 52.3 Å². The Morgan fingerprint density at radius 3 is 2.67 bits per heavy atom. The molecule has 0 aromatic heterocycles. The van der Waals surface area contributed by atoms with Crippen LogP contribution in [0.4, 0.5) is 10.1 Å². The second-order valence-electron chi connectivity index (χ2n) is 3.51. The quantitative estimate of drug-likeness (QED) is 0.858. The number of anilines is 1. The molecule has 0 aliphatic rings. The summed E-state index contributed by atoms with van der Waals surface area (Å²) in [6.45, 7) is 0. The van der Waals surface area contributed by atoms with Crippen molar-refractivity contribution in [3.8, 4) is 17.6 Å². The van der Waals surface area contributed by atoms with Crippen LogP contribution in [0.2, 0.25) is 0 Å². The number of para-hydroxylation sites is 1. The van der Waals surface area contributed by atoms with E-state index in [0.29, 0.717) is 17.1 Å². The highest BCUT2D eigenvalue weighted by atomic mass is 79.9. The minimum absolute atomic E-state index is 0.170. The lowest BCUT2D eigenvalue weighted by molar-refractivity contribution is 0.481. The molecule has 0 radical (unpaired) electrons. The Bertz CT molecular complexity index is 637. The van der Waals surface area contributed by atoms with Crippen molar-refractivity contribution in [1.29, 1.82) is 5.26 Å². The second kappa shape index (κ2) is 5.07. The number of benzene rings is 2. The Kier molecular flexibility index (Phi) is 3.49. The van der Waals surface area contributed by atoms with Gasteiger partial charge in [-0.15, -0.1) is 0 Å². The van der Waals surface area contributed by atoms with E-state index in [2.05, 4.69) is 15.9 Å². The third-order valence-corrected chi connectivity index (χ3v) is 2.89. The lowest BCUT2D eigenvalue weighted by Gasteiger charge is -2.10. The van der Waals surface area contributed by atoms with Crippen LogP contribution in [-0.4, -0.2) is 0 Å². The van der Waals surface area contributed by atoms with Crippen LogP contribution < -0.4 is 10.5 Å². The molecule has 2 rings (SSSR count). The van der Waals surface area contributed by atoms with Gasteiger partial charge in [0.15, 0.2) is 5.75 Å². The smallest absolute Gasteiger partial charge is 0.151 e. The highest BCUT2D eigenvalue weighted by molar-refractivity contribution is 9.10. The zero-order chi connectivity index (χ0) is 13.1. The molecule has 0 spiro atoms. The van der Waals surface area contributed by atoms with Gasteiger partial charge in [-0.3, -0.25) is 0 Å². The zero-order valence-electron chi connectivity index (χ0n) is 9.15. The molecule has 2 N–H and O–H groups in total. The molecule has 2 aromatic carbocycles. The summed E-state index contributed by atoms with van der Waals surface area (Å²) in [6.07, 6.45) is 0. The van der Waals surface area contributed by atoms with Crippen LogP contribution in [0.25, 0.3) is 0 Å². The first kappa shape index (κ1) is 12.4. The Hall–Kier alpha value is -2.06. The molecule has 0 aliphatic carbocycles. The number of nitrogens with zero attached hydrogens (tertiary/aromatic N) is 1. The summed E-state index contributed by atoms with van der Waals surface area (Å²) in [4.78, 5) is 0. The van der Waals surface area contributed by atoms with E-state index in [4.69, 9.17) is 15.7 Å². The molecule has 0 atom stereocenters. The van der Waals surface area contributed by atoms with E-state index < -0.39 is 5.82 Å². The number of ether oxygens (including phenoxy) is 1. The van der Waals surface area contributed by atoms with Gasteiger partial charge in [-0.2, -0.15) is 5.26 Å². The molecule has 18 heavy (non-hydrogen) atoms. The van der Waals surface area contributed by atoms with E-state index in [-0.39, 0.29) is 10.2 Å². The molecule has 5 heteroatoms. The number of rotatable bonds is 2. The highest BCUT2D eigenvalue weighted by Crippen LogP contribution is 2.33. The van der Waals surface area contributed by atoms with E-state index in [1.807, 2.05) is 6.07 Å². The lowest BCUT2D eigenvalue weighted by atomic mass is 10.2. The van der Waals surface area contributed by atoms with Crippen molar-refractivity contribution in [2.45, 2.75) is 0 Å². The molecular formula is C13H8BrFN2O. The average molecular weight is 307 g/mol. The summed E-state index contributed by atoms with van der Waals surface area (Å²) in [5, 5.41) is 8.93. The summed E-state index contributed by atoms with van der Waals surface area (Å²) < 4.78 is 19.0. The van der Waals surface area contributed by atoms with Crippen LogP contribution in [0, 0.1) is 17.1 Å². The monoisotopic (exact) mass is 306 g/mol. The summed E-state index contributed by atoms with van der Waals surface area (Å²) in [7, 11) is 0. The minimum Gasteiger partial charge on any atom is -0.454 e. The summed E-state index contributed by atoms with van der Waals surface area (Å²) >= 11 is 3.05. The molecule has 0 bridgehead atoms.